The molecule has 1 aliphatic carbocycles. The van der Waals surface area contributed by atoms with Crippen LogP contribution in [0.15, 0.2) is 24.3 Å². The Morgan fingerprint density at radius 1 is 1.12 bits per heavy atom. The van der Waals surface area contributed by atoms with Crippen LogP contribution in [0, 0.1) is 13.8 Å². The smallest absolute Gasteiger partial charge is 0.220 e. The monoisotopic (exact) mass is 353 g/mol. The quantitative estimate of drug-likeness (QED) is 0.586. The van der Waals surface area contributed by atoms with Crippen LogP contribution in [0.2, 0.25) is 0 Å². The van der Waals surface area contributed by atoms with E-state index < -0.39 is 0 Å². The number of ketones is 1. The Balaban J connectivity index is 1.37. The highest BCUT2D eigenvalue weighted by Gasteiger charge is 2.14. The van der Waals surface area contributed by atoms with Crippen molar-refractivity contribution < 1.29 is 9.59 Å². The van der Waals surface area contributed by atoms with Crippen LogP contribution in [-0.2, 0) is 24.2 Å². The van der Waals surface area contributed by atoms with Gasteiger partial charge in [0.25, 0.3) is 0 Å². The first-order valence-corrected chi connectivity index (χ1v) is 9.45. The minimum absolute atomic E-state index is 0.0532. The molecule has 1 N–H and O–H groups in total. The second-order valence-electron chi connectivity index (χ2n) is 7.11. The highest BCUT2D eigenvalue weighted by Crippen LogP contribution is 2.23. The van der Waals surface area contributed by atoms with Gasteiger partial charge in [-0.2, -0.15) is 5.10 Å². The maximum Gasteiger partial charge on any atom is 0.220 e. The van der Waals surface area contributed by atoms with Crippen LogP contribution in [0.3, 0.4) is 0 Å². The Morgan fingerprint density at radius 2 is 1.92 bits per heavy atom. The maximum absolute atomic E-state index is 12.3. The van der Waals surface area contributed by atoms with E-state index in [-0.39, 0.29) is 24.5 Å². The Morgan fingerprint density at radius 3 is 2.69 bits per heavy atom. The number of nitrogens with one attached hydrogen (secondary N) is 1. The fourth-order valence-electron chi connectivity index (χ4n) is 3.56. The molecule has 1 aromatic carbocycles. The molecule has 0 aliphatic heterocycles. The minimum atomic E-state index is -0.0622. The number of hydrogen-bond donors (Lipinski definition) is 1. The van der Waals surface area contributed by atoms with Gasteiger partial charge >= 0.3 is 0 Å². The molecule has 0 spiro atoms. The summed E-state index contributed by atoms with van der Waals surface area (Å²) >= 11 is 0. The third-order valence-corrected chi connectivity index (χ3v) is 4.97. The molecule has 138 valence electrons. The number of rotatable bonds is 8. The lowest BCUT2D eigenvalue weighted by atomic mass is 10.0. The molecule has 0 unspecified atom stereocenters. The van der Waals surface area contributed by atoms with E-state index >= 15 is 0 Å². The maximum atomic E-state index is 12.3. The standard InChI is InChI=1S/C21H27N3O2/c1-15-13-16(2)24(23-15)12-4-11-22-21(26)10-9-20(25)19-8-7-17-5-3-6-18(17)14-19/h7-8,13-14H,3-6,9-12H2,1-2H3,(H,22,26). The van der Waals surface area contributed by atoms with Crippen molar-refractivity contribution >= 4 is 11.7 Å². The summed E-state index contributed by atoms with van der Waals surface area (Å²) in [5.41, 5.74) is 5.54. The number of aromatic nitrogens is 2. The van der Waals surface area contributed by atoms with Crippen molar-refractivity contribution in [3.63, 3.8) is 0 Å². The molecule has 3 rings (SSSR count). The summed E-state index contributed by atoms with van der Waals surface area (Å²) in [6.07, 6.45) is 4.69. The van der Waals surface area contributed by atoms with E-state index in [1.807, 2.05) is 36.7 Å². The van der Waals surface area contributed by atoms with E-state index in [4.69, 9.17) is 0 Å². The zero-order chi connectivity index (χ0) is 18.5. The van der Waals surface area contributed by atoms with Gasteiger partial charge in [-0.15, -0.1) is 0 Å². The lowest BCUT2D eigenvalue weighted by Crippen LogP contribution is -2.25. The summed E-state index contributed by atoms with van der Waals surface area (Å²) in [6, 6.07) is 8.02. The van der Waals surface area contributed by atoms with Crippen LogP contribution >= 0.6 is 0 Å². The number of hydrogen-bond acceptors (Lipinski definition) is 3. The lowest BCUT2D eigenvalue weighted by molar-refractivity contribution is -0.121. The second-order valence-corrected chi connectivity index (χ2v) is 7.11. The molecule has 1 amide bonds. The first-order valence-electron chi connectivity index (χ1n) is 9.45. The molecule has 1 aliphatic rings. The molecule has 26 heavy (non-hydrogen) atoms. The van der Waals surface area contributed by atoms with Gasteiger partial charge in [0.15, 0.2) is 5.78 Å². The number of carbonyl (C=O) groups excluding carboxylic acids is 2. The molecule has 1 aromatic heterocycles. The highest BCUT2D eigenvalue weighted by molar-refractivity contribution is 5.98. The molecule has 0 saturated carbocycles. The molecule has 0 atom stereocenters. The van der Waals surface area contributed by atoms with Gasteiger partial charge in [0.1, 0.15) is 0 Å². The van der Waals surface area contributed by atoms with E-state index in [1.54, 1.807) is 0 Å². The van der Waals surface area contributed by atoms with Crippen molar-refractivity contribution in [3.8, 4) is 0 Å². The second kappa shape index (κ2) is 8.30. The van der Waals surface area contributed by atoms with E-state index in [0.717, 1.165) is 42.8 Å². The molecular weight excluding hydrogens is 326 g/mol. The number of amides is 1. The molecule has 2 aromatic rings. The van der Waals surface area contributed by atoms with E-state index in [1.165, 1.54) is 17.5 Å². The van der Waals surface area contributed by atoms with Gasteiger partial charge in [-0.3, -0.25) is 14.3 Å². The molecule has 0 saturated heterocycles. The van der Waals surface area contributed by atoms with Crippen molar-refractivity contribution in [1.29, 1.82) is 0 Å². The number of Topliss-reactive ketones (excluding diaryl/α,β-unsaturated/α-hetero) is 1. The average Bonchev–Trinajstić information content (AvgIpc) is 3.21. The van der Waals surface area contributed by atoms with Crippen molar-refractivity contribution in [2.45, 2.75) is 58.9 Å². The zero-order valence-electron chi connectivity index (χ0n) is 15.7. The fourth-order valence-corrected chi connectivity index (χ4v) is 3.56. The summed E-state index contributed by atoms with van der Waals surface area (Å²) in [7, 11) is 0. The van der Waals surface area contributed by atoms with Crippen LogP contribution in [0.1, 0.15) is 58.6 Å². The molecule has 0 bridgehead atoms. The zero-order valence-corrected chi connectivity index (χ0v) is 15.7. The topological polar surface area (TPSA) is 64.0 Å². The summed E-state index contributed by atoms with van der Waals surface area (Å²) in [6.45, 7) is 5.39. The molecule has 0 radical (unpaired) electrons. The Hall–Kier alpha value is -2.43. The lowest BCUT2D eigenvalue weighted by Gasteiger charge is -2.07. The number of aryl methyl sites for hydroxylation is 5. The minimum Gasteiger partial charge on any atom is -0.356 e. The SMILES string of the molecule is Cc1cc(C)n(CCCNC(=O)CCC(=O)c2ccc3c(c2)CCC3)n1. The number of nitrogens with zero attached hydrogens (tertiary/aromatic N) is 2. The van der Waals surface area contributed by atoms with Gasteiger partial charge in [0.05, 0.1) is 5.69 Å². The summed E-state index contributed by atoms with van der Waals surface area (Å²) in [5.74, 6) is -0.00892. The largest absolute Gasteiger partial charge is 0.356 e. The first kappa shape index (κ1) is 18.4. The van der Waals surface area contributed by atoms with Gasteiger partial charge in [0, 0.05) is 37.2 Å². The average molecular weight is 353 g/mol. The third-order valence-electron chi connectivity index (χ3n) is 4.97. The summed E-state index contributed by atoms with van der Waals surface area (Å²) in [4.78, 5) is 24.3. The predicted molar refractivity (Wildman–Crippen MR) is 101 cm³/mol. The number of carbonyl (C=O) groups is 2. The van der Waals surface area contributed by atoms with Gasteiger partial charge in [-0.25, -0.2) is 0 Å². The molecule has 5 heteroatoms. The predicted octanol–water partition coefficient (Wildman–Crippen LogP) is 3.16. The third kappa shape index (κ3) is 4.59. The van der Waals surface area contributed by atoms with Crippen molar-refractivity contribution in [3.05, 3.63) is 52.3 Å². The van der Waals surface area contributed by atoms with Gasteiger partial charge in [0.2, 0.25) is 5.91 Å². The van der Waals surface area contributed by atoms with Crippen LogP contribution < -0.4 is 5.32 Å². The molecule has 1 heterocycles. The van der Waals surface area contributed by atoms with Gasteiger partial charge in [-0.05, 0) is 62.8 Å². The van der Waals surface area contributed by atoms with Gasteiger partial charge < -0.3 is 5.32 Å². The molecule has 0 fully saturated rings. The fraction of sp³-hybridized carbons (Fsp3) is 0.476. The summed E-state index contributed by atoms with van der Waals surface area (Å²) < 4.78 is 1.96. The number of fused-ring (bicyclic) bond motifs is 1. The van der Waals surface area contributed by atoms with Gasteiger partial charge in [-0.1, -0.05) is 12.1 Å². The Labute approximate surface area is 154 Å². The van der Waals surface area contributed by atoms with Crippen LogP contribution in [-0.4, -0.2) is 28.0 Å². The first-order chi connectivity index (χ1) is 12.5. The highest BCUT2D eigenvalue weighted by atomic mass is 16.2. The number of benzene rings is 1. The Bertz CT molecular complexity index is 808. The van der Waals surface area contributed by atoms with E-state index in [9.17, 15) is 9.59 Å². The van der Waals surface area contributed by atoms with Crippen molar-refractivity contribution in [2.24, 2.45) is 0 Å². The molecule has 5 nitrogen and oxygen atoms in total. The molecular formula is C21H27N3O2. The van der Waals surface area contributed by atoms with Crippen LogP contribution in [0.25, 0.3) is 0 Å². The van der Waals surface area contributed by atoms with Crippen molar-refractivity contribution in [2.75, 3.05) is 6.54 Å². The van der Waals surface area contributed by atoms with Crippen molar-refractivity contribution in [1.82, 2.24) is 15.1 Å². The van der Waals surface area contributed by atoms with Crippen LogP contribution in [0.5, 0.6) is 0 Å². The Kier molecular flexibility index (Phi) is 5.86. The summed E-state index contributed by atoms with van der Waals surface area (Å²) in [5, 5.41) is 7.30. The van der Waals surface area contributed by atoms with E-state index in [0.29, 0.717) is 6.54 Å². The van der Waals surface area contributed by atoms with E-state index in [2.05, 4.69) is 16.5 Å². The normalized spacial score (nSPS) is 12.8. The van der Waals surface area contributed by atoms with Crippen LogP contribution in [0.4, 0.5) is 0 Å².